The minimum Gasteiger partial charge on any atom is -0.497 e. The van der Waals surface area contributed by atoms with Gasteiger partial charge in [0.05, 0.1) is 13.7 Å². The van der Waals surface area contributed by atoms with E-state index >= 15 is 0 Å². The molecule has 2 aromatic carbocycles. The number of methoxy groups -OCH3 is 1. The minimum atomic E-state index is 0.0466. The number of ether oxygens (including phenoxy) is 1. The predicted molar refractivity (Wildman–Crippen MR) is 142 cm³/mol. The summed E-state index contributed by atoms with van der Waals surface area (Å²) in [5.41, 5.74) is 3.39. The molecule has 196 valence electrons. The van der Waals surface area contributed by atoms with Gasteiger partial charge in [-0.1, -0.05) is 35.8 Å². The Morgan fingerprint density at radius 1 is 0.973 bits per heavy atom. The summed E-state index contributed by atoms with van der Waals surface area (Å²) in [5, 5.41) is 7.29. The molecule has 2 aliphatic rings. The summed E-state index contributed by atoms with van der Waals surface area (Å²) in [7, 11) is 1.64. The number of hydrogen-bond acceptors (Lipinski definition) is 7. The zero-order chi connectivity index (χ0) is 25.5. The normalized spacial score (nSPS) is 17.5. The van der Waals surface area contributed by atoms with Crippen molar-refractivity contribution in [1.29, 1.82) is 0 Å². The third kappa shape index (κ3) is 6.96. The number of nitrogens with one attached hydrogen (secondary N) is 1. The molecule has 2 fully saturated rings. The van der Waals surface area contributed by atoms with Crippen LogP contribution in [-0.2, 0) is 24.4 Å². The van der Waals surface area contributed by atoms with Gasteiger partial charge in [0.25, 0.3) is 0 Å². The molecule has 37 heavy (non-hydrogen) atoms. The van der Waals surface area contributed by atoms with Gasteiger partial charge in [-0.15, -0.1) is 0 Å². The maximum atomic E-state index is 12.9. The fourth-order valence-corrected chi connectivity index (χ4v) is 5.27. The van der Waals surface area contributed by atoms with Gasteiger partial charge in [-0.05, 0) is 87.3 Å². The van der Waals surface area contributed by atoms with E-state index in [0.717, 1.165) is 43.8 Å². The molecule has 2 saturated heterocycles. The second-order valence-electron chi connectivity index (χ2n) is 10.2. The van der Waals surface area contributed by atoms with Gasteiger partial charge in [0.15, 0.2) is 0 Å². The van der Waals surface area contributed by atoms with Crippen LogP contribution in [0.2, 0.25) is 0 Å². The lowest BCUT2D eigenvalue weighted by Crippen LogP contribution is -2.40. The van der Waals surface area contributed by atoms with Gasteiger partial charge in [0.2, 0.25) is 17.6 Å². The molecule has 0 spiro atoms. The Bertz CT molecular complexity index is 1150. The Hall–Kier alpha value is -3.23. The molecular formula is C29H37N5O3. The third-order valence-corrected chi connectivity index (χ3v) is 7.45. The summed E-state index contributed by atoms with van der Waals surface area (Å²) in [5.74, 6) is 2.16. The molecule has 3 heterocycles. The van der Waals surface area contributed by atoms with E-state index in [9.17, 15) is 4.79 Å². The second-order valence-corrected chi connectivity index (χ2v) is 10.2. The molecule has 8 nitrogen and oxygen atoms in total. The topological polar surface area (TPSA) is 83.7 Å². The molecule has 0 aliphatic carbocycles. The highest BCUT2D eigenvalue weighted by Gasteiger charge is 2.26. The Kier molecular flexibility index (Phi) is 8.48. The molecule has 3 aromatic rings. The number of amides is 1. The number of nitrogens with zero attached hydrogens (tertiary/aromatic N) is 4. The summed E-state index contributed by atoms with van der Waals surface area (Å²) >= 11 is 0. The zero-order valence-corrected chi connectivity index (χ0v) is 21.7. The molecule has 5 rings (SSSR count). The first-order valence-electron chi connectivity index (χ1n) is 13.4. The Morgan fingerprint density at radius 2 is 1.70 bits per heavy atom. The van der Waals surface area contributed by atoms with Gasteiger partial charge >= 0.3 is 0 Å². The van der Waals surface area contributed by atoms with Crippen LogP contribution in [0.1, 0.15) is 49.1 Å². The monoisotopic (exact) mass is 503 g/mol. The maximum Gasteiger partial charge on any atom is 0.241 e. The van der Waals surface area contributed by atoms with E-state index in [1.807, 2.05) is 24.3 Å². The number of hydrogen-bond donors (Lipinski definition) is 1. The average Bonchev–Trinajstić information content (AvgIpc) is 3.41. The number of aromatic nitrogens is 2. The van der Waals surface area contributed by atoms with Gasteiger partial charge < -0.3 is 14.6 Å². The number of rotatable bonds is 9. The molecule has 0 bridgehead atoms. The van der Waals surface area contributed by atoms with Gasteiger partial charge in [-0.2, -0.15) is 4.98 Å². The van der Waals surface area contributed by atoms with E-state index in [1.54, 1.807) is 7.11 Å². The van der Waals surface area contributed by atoms with Crippen molar-refractivity contribution in [2.45, 2.75) is 51.7 Å². The average molecular weight is 504 g/mol. The van der Waals surface area contributed by atoms with E-state index in [1.165, 1.54) is 43.5 Å². The lowest BCUT2D eigenvalue weighted by molar-refractivity contribution is -0.126. The van der Waals surface area contributed by atoms with Crippen LogP contribution in [0.15, 0.2) is 53.1 Å². The van der Waals surface area contributed by atoms with Crippen LogP contribution in [0.5, 0.6) is 5.75 Å². The molecule has 2 aliphatic heterocycles. The Balaban J connectivity index is 1.05. The van der Waals surface area contributed by atoms with Gasteiger partial charge in [-0.3, -0.25) is 14.6 Å². The van der Waals surface area contributed by atoms with Gasteiger partial charge in [-0.25, -0.2) is 0 Å². The van der Waals surface area contributed by atoms with E-state index in [2.05, 4.69) is 49.5 Å². The van der Waals surface area contributed by atoms with Crippen LogP contribution < -0.4 is 10.1 Å². The number of likely N-dealkylation sites (tertiary alicyclic amines) is 2. The van der Waals surface area contributed by atoms with Crippen molar-refractivity contribution >= 4 is 5.91 Å². The number of benzene rings is 2. The zero-order valence-electron chi connectivity index (χ0n) is 21.7. The first-order chi connectivity index (χ1) is 18.2. The molecule has 8 heteroatoms. The van der Waals surface area contributed by atoms with E-state index in [-0.39, 0.29) is 11.8 Å². The number of carbonyl (C=O) groups is 1. The molecule has 0 radical (unpaired) electrons. The van der Waals surface area contributed by atoms with E-state index in [4.69, 9.17) is 9.26 Å². The first-order valence-corrected chi connectivity index (χ1v) is 13.4. The highest BCUT2D eigenvalue weighted by atomic mass is 16.5. The standard InChI is InChI=1S/C29H37N5O3/c1-36-26-10-8-24(9-11-26)28-31-27(37-32-28)21-34-16-12-25(13-17-34)29(35)30-19-22-6-5-7-23(18-22)20-33-14-3-2-4-15-33/h5-11,18,25H,2-4,12-17,19-21H2,1H3,(H,30,35). The molecule has 0 saturated carbocycles. The van der Waals surface area contributed by atoms with Crippen molar-refractivity contribution in [3.8, 4) is 17.1 Å². The summed E-state index contributed by atoms with van der Waals surface area (Å²) < 4.78 is 10.7. The smallest absolute Gasteiger partial charge is 0.241 e. The van der Waals surface area contributed by atoms with Crippen LogP contribution in [0, 0.1) is 5.92 Å². The quantitative estimate of drug-likeness (QED) is 0.467. The molecule has 1 N–H and O–H groups in total. The van der Waals surface area contributed by atoms with Crippen molar-refractivity contribution in [3.63, 3.8) is 0 Å². The molecule has 1 aromatic heterocycles. The third-order valence-electron chi connectivity index (χ3n) is 7.45. The first kappa shape index (κ1) is 25.4. The van der Waals surface area contributed by atoms with Crippen LogP contribution in [0.4, 0.5) is 0 Å². The largest absolute Gasteiger partial charge is 0.497 e. The summed E-state index contributed by atoms with van der Waals surface area (Å²) in [6.45, 7) is 6.24. The predicted octanol–water partition coefficient (Wildman–Crippen LogP) is 4.26. The van der Waals surface area contributed by atoms with Crippen LogP contribution in [0.3, 0.4) is 0 Å². The van der Waals surface area contributed by atoms with E-state index in [0.29, 0.717) is 24.8 Å². The molecule has 0 unspecified atom stereocenters. The summed E-state index contributed by atoms with van der Waals surface area (Å²) in [6, 6.07) is 16.2. The minimum absolute atomic E-state index is 0.0466. The molecule has 1 amide bonds. The fraction of sp³-hybridized carbons (Fsp3) is 0.483. The van der Waals surface area contributed by atoms with Crippen molar-refractivity contribution in [2.24, 2.45) is 5.92 Å². The van der Waals surface area contributed by atoms with Crippen molar-refractivity contribution in [2.75, 3.05) is 33.3 Å². The molecule has 0 atom stereocenters. The molecular weight excluding hydrogens is 466 g/mol. The Morgan fingerprint density at radius 3 is 2.46 bits per heavy atom. The van der Waals surface area contributed by atoms with Crippen molar-refractivity contribution in [3.05, 3.63) is 65.5 Å². The van der Waals surface area contributed by atoms with Crippen LogP contribution in [-0.4, -0.2) is 59.1 Å². The fourth-order valence-electron chi connectivity index (χ4n) is 5.27. The SMILES string of the molecule is COc1ccc(-c2noc(CN3CCC(C(=O)NCc4cccc(CN5CCCCC5)c4)CC3)n2)cc1. The van der Waals surface area contributed by atoms with Gasteiger partial charge in [0, 0.05) is 24.6 Å². The summed E-state index contributed by atoms with van der Waals surface area (Å²) in [4.78, 5) is 22.2. The highest BCUT2D eigenvalue weighted by molar-refractivity contribution is 5.78. The van der Waals surface area contributed by atoms with Crippen molar-refractivity contribution < 1.29 is 14.1 Å². The number of piperidine rings is 2. The lowest BCUT2D eigenvalue weighted by atomic mass is 9.96. The summed E-state index contributed by atoms with van der Waals surface area (Å²) in [6.07, 6.45) is 5.62. The van der Waals surface area contributed by atoms with E-state index < -0.39 is 0 Å². The maximum absolute atomic E-state index is 12.9. The van der Waals surface area contributed by atoms with Crippen LogP contribution >= 0.6 is 0 Å². The second kappa shape index (κ2) is 12.3. The number of carbonyl (C=O) groups excluding carboxylic acids is 1. The van der Waals surface area contributed by atoms with Crippen LogP contribution in [0.25, 0.3) is 11.4 Å². The van der Waals surface area contributed by atoms with Gasteiger partial charge in [0.1, 0.15) is 5.75 Å². The highest BCUT2D eigenvalue weighted by Crippen LogP contribution is 2.22. The Labute approximate surface area is 219 Å². The lowest BCUT2D eigenvalue weighted by Gasteiger charge is -2.30. The van der Waals surface area contributed by atoms with Crippen molar-refractivity contribution in [1.82, 2.24) is 25.3 Å².